The number of hydrogen-bond donors (Lipinski definition) is 2. The third kappa shape index (κ3) is 3.02. The molecule has 0 aromatic heterocycles. The first-order valence-corrected chi connectivity index (χ1v) is 11.5. The Morgan fingerprint density at radius 1 is 1.07 bits per heavy atom. The third-order valence-corrected chi connectivity index (χ3v) is 9.24. The minimum absolute atomic E-state index is 0.179. The van der Waals surface area contributed by atoms with Crippen molar-refractivity contribution in [3.05, 3.63) is 0 Å². The molecule has 2 amide bonds. The standard InChI is InChI=1S/C23H38N2O2/c1-4-5-14-24-21(27)18-8-7-16-15-6-9-19-23(3,13-11-20(26)25-19)17(15)10-12-22(16,18)2/h15-19H,4-14H2,1-3H3,(H,24,27)(H,25,26)/t15-,16-,17+,18?,19?,22-,23+/m0/s1. The Kier molecular flexibility index (Phi) is 5.05. The van der Waals surface area contributed by atoms with Gasteiger partial charge in [0.05, 0.1) is 0 Å². The molecule has 0 radical (unpaired) electrons. The maximum absolute atomic E-state index is 12.9. The second-order valence-electron chi connectivity index (χ2n) is 10.4. The molecule has 1 saturated heterocycles. The Morgan fingerprint density at radius 3 is 2.63 bits per heavy atom. The zero-order valence-electron chi connectivity index (χ0n) is 17.5. The summed E-state index contributed by atoms with van der Waals surface area (Å²) in [6.45, 7) is 7.87. The van der Waals surface area contributed by atoms with Crippen LogP contribution in [0.4, 0.5) is 0 Å². The molecule has 4 heteroatoms. The molecular formula is C23H38N2O2. The molecule has 1 aliphatic heterocycles. The van der Waals surface area contributed by atoms with E-state index in [2.05, 4.69) is 31.4 Å². The lowest BCUT2D eigenvalue weighted by Crippen LogP contribution is -2.61. The first kappa shape index (κ1) is 19.3. The van der Waals surface area contributed by atoms with Crippen molar-refractivity contribution in [3.8, 4) is 0 Å². The molecule has 27 heavy (non-hydrogen) atoms. The molecule has 3 saturated carbocycles. The van der Waals surface area contributed by atoms with Gasteiger partial charge in [-0.2, -0.15) is 0 Å². The van der Waals surface area contributed by atoms with E-state index in [0.29, 0.717) is 24.3 Å². The number of piperidine rings is 1. The van der Waals surface area contributed by atoms with E-state index in [9.17, 15) is 9.59 Å². The normalized spacial score (nSPS) is 46.0. The van der Waals surface area contributed by atoms with Gasteiger partial charge in [0.2, 0.25) is 11.8 Å². The molecule has 0 bridgehead atoms. The van der Waals surface area contributed by atoms with E-state index in [1.54, 1.807) is 0 Å². The fraction of sp³-hybridized carbons (Fsp3) is 0.913. The minimum atomic E-state index is 0.179. The van der Waals surface area contributed by atoms with E-state index in [1.807, 2.05) is 0 Å². The summed E-state index contributed by atoms with van der Waals surface area (Å²) in [4.78, 5) is 24.8. The summed E-state index contributed by atoms with van der Waals surface area (Å²) in [6.07, 6.45) is 11.0. The Bertz CT molecular complexity index is 605. The van der Waals surface area contributed by atoms with Gasteiger partial charge in [-0.05, 0) is 80.0 Å². The summed E-state index contributed by atoms with van der Waals surface area (Å²) in [5, 5.41) is 6.54. The van der Waals surface area contributed by atoms with Gasteiger partial charge in [-0.3, -0.25) is 9.59 Å². The molecular weight excluding hydrogens is 336 g/mol. The zero-order valence-corrected chi connectivity index (χ0v) is 17.5. The predicted molar refractivity (Wildman–Crippen MR) is 107 cm³/mol. The van der Waals surface area contributed by atoms with E-state index < -0.39 is 0 Å². The van der Waals surface area contributed by atoms with Crippen LogP contribution in [-0.4, -0.2) is 24.4 Å². The molecule has 2 N–H and O–H groups in total. The van der Waals surface area contributed by atoms with Crippen LogP contribution in [0.25, 0.3) is 0 Å². The van der Waals surface area contributed by atoms with Crippen LogP contribution in [0.1, 0.15) is 85.0 Å². The van der Waals surface area contributed by atoms with Crippen LogP contribution in [0.5, 0.6) is 0 Å². The molecule has 2 unspecified atom stereocenters. The lowest BCUT2D eigenvalue weighted by Gasteiger charge is -2.60. The number of rotatable bonds is 4. The lowest BCUT2D eigenvalue weighted by molar-refractivity contribution is -0.141. The Labute approximate surface area is 164 Å². The third-order valence-electron chi connectivity index (χ3n) is 9.24. The number of nitrogens with one attached hydrogen (secondary N) is 2. The van der Waals surface area contributed by atoms with E-state index in [1.165, 1.54) is 25.7 Å². The van der Waals surface area contributed by atoms with Crippen LogP contribution < -0.4 is 10.6 Å². The first-order valence-electron chi connectivity index (χ1n) is 11.5. The maximum Gasteiger partial charge on any atom is 0.223 e. The van der Waals surface area contributed by atoms with Crippen molar-refractivity contribution >= 4 is 11.8 Å². The fourth-order valence-corrected chi connectivity index (χ4v) is 7.64. The number of fused-ring (bicyclic) bond motifs is 5. The molecule has 4 rings (SSSR count). The van der Waals surface area contributed by atoms with Gasteiger partial charge in [-0.1, -0.05) is 27.2 Å². The highest BCUT2D eigenvalue weighted by Gasteiger charge is 2.61. The zero-order chi connectivity index (χ0) is 19.2. The molecule has 4 fully saturated rings. The largest absolute Gasteiger partial charge is 0.356 e. The smallest absolute Gasteiger partial charge is 0.223 e. The number of unbranched alkanes of at least 4 members (excludes halogenated alkanes) is 1. The second kappa shape index (κ2) is 7.08. The van der Waals surface area contributed by atoms with Gasteiger partial charge >= 0.3 is 0 Å². The predicted octanol–water partition coefficient (Wildman–Crippen LogP) is 4.04. The van der Waals surface area contributed by atoms with Crippen molar-refractivity contribution in [1.82, 2.24) is 10.6 Å². The summed E-state index contributed by atoms with van der Waals surface area (Å²) >= 11 is 0. The van der Waals surface area contributed by atoms with Crippen molar-refractivity contribution in [1.29, 1.82) is 0 Å². The SMILES string of the molecule is CCCCNC(=O)C1CC[C@H]2[C@@H]3CCC4NC(=O)CC[C@]4(C)[C@@H]3CC[C@]12C. The van der Waals surface area contributed by atoms with Gasteiger partial charge in [0.1, 0.15) is 0 Å². The van der Waals surface area contributed by atoms with Crippen LogP contribution in [0.2, 0.25) is 0 Å². The number of carbonyl (C=O) groups is 2. The quantitative estimate of drug-likeness (QED) is 0.730. The maximum atomic E-state index is 12.9. The molecule has 152 valence electrons. The van der Waals surface area contributed by atoms with Crippen molar-refractivity contribution in [2.24, 2.45) is 34.5 Å². The van der Waals surface area contributed by atoms with E-state index in [4.69, 9.17) is 0 Å². The molecule has 4 aliphatic rings. The summed E-state index contributed by atoms with van der Waals surface area (Å²) in [7, 11) is 0. The molecule has 1 heterocycles. The highest BCUT2D eigenvalue weighted by Crippen LogP contribution is 2.65. The highest BCUT2D eigenvalue weighted by molar-refractivity contribution is 5.80. The van der Waals surface area contributed by atoms with Crippen LogP contribution in [0.15, 0.2) is 0 Å². The molecule has 0 spiro atoms. The molecule has 0 aromatic rings. The second-order valence-corrected chi connectivity index (χ2v) is 10.4. The monoisotopic (exact) mass is 374 g/mol. The molecule has 4 nitrogen and oxygen atoms in total. The average molecular weight is 375 g/mol. The summed E-state index contributed by atoms with van der Waals surface area (Å²) in [5.74, 6) is 2.92. The average Bonchev–Trinajstić information content (AvgIpc) is 3.00. The van der Waals surface area contributed by atoms with Crippen LogP contribution in [0, 0.1) is 34.5 Å². The Balaban J connectivity index is 1.50. The van der Waals surface area contributed by atoms with Crippen molar-refractivity contribution in [3.63, 3.8) is 0 Å². The van der Waals surface area contributed by atoms with E-state index in [-0.39, 0.29) is 22.7 Å². The molecule has 3 aliphatic carbocycles. The van der Waals surface area contributed by atoms with Gasteiger partial charge in [-0.15, -0.1) is 0 Å². The van der Waals surface area contributed by atoms with Crippen LogP contribution >= 0.6 is 0 Å². The van der Waals surface area contributed by atoms with Crippen LogP contribution in [0.3, 0.4) is 0 Å². The van der Waals surface area contributed by atoms with E-state index in [0.717, 1.165) is 50.5 Å². The topological polar surface area (TPSA) is 58.2 Å². The Morgan fingerprint density at radius 2 is 1.85 bits per heavy atom. The minimum Gasteiger partial charge on any atom is -0.356 e. The first-order chi connectivity index (χ1) is 12.9. The van der Waals surface area contributed by atoms with Gasteiger partial charge < -0.3 is 10.6 Å². The summed E-state index contributed by atoms with van der Waals surface area (Å²) < 4.78 is 0. The lowest BCUT2D eigenvalue weighted by atomic mass is 9.47. The fourth-order valence-electron chi connectivity index (χ4n) is 7.64. The van der Waals surface area contributed by atoms with Gasteiger partial charge in [0.25, 0.3) is 0 Å². The van der Waals surface area contributed by atoms with E-state index >= 15 is 0 Å². The number of amides is 2. The van der Waals surface area contributed by atoms with Gasteiger partial charge in [0.15, 0.2) is 0 Å². The van der Waals surface area contributed by atoms with Gasteiger partial charge in [0, 0.05) is 24.9 Å². The highest BCUT2D eigenvalue weighted by atomic mass is 16.2. The number of carbonyl (C=O) groups excluding carboxylic acids is 2. The van der Waals surface area contributed by atoms with Crippen molar-refractivity contribution in [2.75, 3.05) is 6.54 Å². The molecule has 0 aromatic carbocycles. The number of hydrogen-bond acceptors (Lipinski definition) is 2. The van der Waals surface area contributed by atoms with Crippen molar-refractivity contribution < 1.29 is 9.59 Å². The Hall–Kier alpha value is -1.06. The summed E-state index contributed by atoms with van der Waals surface area (Å²) in [5.41, 5.74) is 0.443. The van der Waals surface area contributed by atoms with Gasteiger partial charge in [-0.25, -0.2) is 0 Å². The summed E-state index contributed by atoms with van der Waals surface area (Å²) in [6, 6.07) is 0.374. The van der Waals surface area contributed by atoms with Crippen LogP contribution in [-0.2, 0) is 9.59 Å². The molecule has 7 atom stereocenters. The van der Waals surface area contributed by atoms with Crippen molar-refractivity contribution in [2.45, 2.75) is 91.0 Å².